The number of hydrogen-bond donors (Lipinski definition) is 0. The normalized spacial score (nSPS) is 20.2. The molecule has 0 N–H and O–H groups in total. The summed E-state index contributed by atoms with van der Waals surface area (Å²) in [5.41, 5.74) is -0.0515. The summed E-state index contributed by atoms with van der Waals surface area (Å²) >= 11 is 0. The number of rotatable bonds is 3. The van der Waals surface area contributed by atoms with Crippen LogP contribution in [0.3, 0.4) is 0 Å². The van der Waals surface area contributed by atoms with E-state index in [1.807, 2.05) is 23.6 Å². The van der Waals surface area contributed by atoms with E-state index < -0.39 is 0 Å². The first kappa shape index (κ1) is 18.6. The fourth-order valence-corrected chi connectivity index (χ4v) is 3.90. The number of ether oxygens (including phenoxy) is 1. The van der Waals surface area contributed by atoms with Crippen LogP contribution in [-0.4, -0.2) is 54.2 Å². The highest BCUT2D eigenvalue weighted by molar-refractivity contribution is 5.79. The third-order valence-electron chi connectivity index (χ3n) is 5.32. The number of carbonyl (C=O) groups excluding carboxylic acids is 1. The monoisotopic (exact) mass is 384 g/mol. The van der Waals surface area contributed by atoms with Gasteiger partial charge in [0, 0.05) is 32.1 Å². The lowest BCUT2D eigenvalue weighted by Crippen LogP contribution is -2.53. The van der Waals surface area contributed by atoms with Crippen molar-refractivity contribution in [2.75, 3.05) is 37.7 Å². The van der Waals surface area contributed by atoms with E-state index in [4.69, 9.17) is 13.6 Å². The second-order valence-electron chi connectivity index (χ2n) is 7.89. The summed E-state index contributed by atoms with van der Waals surface area (Å²) in [4.78, 5) is 21.1. The van der Waals surface area contributed by atoms with Crippen LogP contribution in [0.1, 0.15) is 32.4 Å². The fraction of sp³-hybridized carbons (Fsp3) is 0.550. The topological polar surface area (TPSA) is 95.7 Å². The Morgan fingerprint density at radius 1 is 1.32 bits per heavy atom. The third-order valence-corrected chi connectivity index (χ3v) is 5.32. The molecule has 2 aliphatic rings. The van der Waals surface area contributed by atoms with Crippen molar-refractivity contribution in [3.63, 3.8) is 0 Å². The molecule has 8 heteroatoms. The number of aromatic nitrogens is 1. The van der Waals surface area contributed by atoms with E-state index in [1.165, 1.54) is 6.26 Å². The highest BCUT2D eigenvalue weighted by Gasteiger charge is 2.35. The molecule has 0 spiro atoms. The Labute approximate surface area is 163 Å². The Morgan fingerprint density at radius 3 is 2.75 bits per heavy atom. The number of furan rings is 1. The zero-order valence-electron chi connectivity index (χ0n) is 16.2. The third kappa shape index (κ3) is 3.62. The minimum atomic E-state index is -0.293. The zero-order valence-corrected chi connectivity index (χ0v) is 16.2. The van der Waals surface area contributed by atoms with Crippen molar-refractivity contribution >= 4 is 11.8 Å². The molecule has 148 valence electrons. The lowest BCUT2D eigenvalue weighted by atomic mass is 9.94. The minimum Gasteiger partial charge on any atom is -0.459 e. The van der Waals surface area contributed by atoms with Gasteiger partial charge in [-0.2, -0.15) is 10.2 Å². The summed E-state index contributed by atoms with van der Waals surface area (Å²) in [6, 6.07) is 5.58. The number of anilines is 1. The molecule has 2 aliphatic heterocycles. The van der Waals surface area contributed by atoms with Crippen molar-refractivity contribution in [3.8, 4) is 17.7 Å². The maximum absolute atomic E-state index is 12.9. The van der Waals surface area contributed by atoms with Crippen LogP contribution in [0, 0.1) is 17.2 Å². The van der Waals surface area contributed by atoms with Crippen molar-refractivity contribution in [2.45, 2.75) is 32.3 Å². The van der Waals surface area contributed by atoms with E-state index in [2.05, 4.69) is 11.1 Å². The first-order chi connectivity index (χ1) is 13.5. The standard InChI is InChI=1S/C20H24N4O4/c1-20(2)13-24(9-11-27-20)18(25)14-5-7-23(8-6-14)19-15(12-21)22-17(28-19)16-4-3-10-26-16/h3-4,10,14H,5-9,11,13H2,1-2H3. The molecule has 0 bridgehead atoms. The molecule has 8 nitrogen and oxygen atoms in total. The minimum absolute atomic E-state index is 0.0110. The number of morpholine rings is 1. The van der Waals surface area contributed by atoms with Gasteiger partial charge in [0.05, 0.1) is 18.5 Å². The Bertz CT molecular complexity index is 873. The average molecular weight is 384 g/mol. The second kappa shape index (κ2) is 7.32. The van der Waals surface area contributed by atoms with Gasteiger partial charge in [-0.15, -0.1) is 0 Å². The molecule has 2 aromatic heterocycles. The molecular weight excluding hydrogens is 360 g/mol. The number of piperidine rings is 1. The quantitative estimate of drug-likeness (QED) is 0.803. The predicted octanol–water partition coefficient (Wildman–Crippen LogP) is 2.66. The molecule has 0 radical (unpaired) electrons. The van der Waals surface area contributed by atoms with Gasteiger partial charge in [0.25, 0.3) is 5.89 Å². The second-order valence-corrected chi connectivity index (χ2v) is 7.89. The van der Waals surface area contributed by atoms with Crippen LogP contribution in [0.2, 0.25) is 0 Å². The summed E-state index contributed by atoms with van der Waals surface area (Å²) in [6.07, 6.45) is 2.98. The van der Waals surface area contributed by atoms with Crippen molar-refractivity contribution < 1.29 is 18.4 Å². The highest BCUT2D eigenvalue weighted by atomic mass is 16.5. The van der Waals surface area contributed by atoms with Crippen LogP contribution >= 0.6 is 0 Å². The summed E-state index contributed by atoms with van der Waals surface area (Å²) in [5, 5.41) is 9.42. The summed E-state index contributed by atoms with van der Waals surface area (Å²) < 4.78 is 16.8. The molecule has 0 unspecified atom stereocenters. The Balaban J connectivity index is 1.42. The van der Waals surface area contributed by atoms with Crippen LogP contribution in [0.25, 0.3) is 11.7 Å². The van der Waals surface area contributed by atoms with Crippen LogP contribution in [0.4, 0.5) is 5.88 Å². The van der Waals surface area contributed by atoms with Crippen molar-refractivity contribution in [1.82, 2.24) is 9.88 Å². The van der Waals surface area contributed by atoms with Crippen molar-refractivity contribution in [1.29, 1.82) is 5.26 Å². The first-order valence-corrected chi connectivity index (χ1v) is 9.59. The molecule has 2 aromatic rings. The van der Waals surface area contributed by atoms with E-state index in [9.17, 15) is 10.1 Å². The molecule has 2 saturated heterocycles. The maximum atomic E-state index is 12.9. The van der Waals surface area contributed by atoms with Gasteiger partial charge in [-0.3, -0.25) is 4.79 Å². The van der Waals surface area contributed by atoms with E-state index >= 15 is 0 Å². The fourth-order valence-electron chi connectivity index (χ4n) is 3.90. The number of carbonyl (C=O) groups is 1. The molecule has 2 fully saturated rings. The maximum Gasteiger partial charge on any atom is 0.266 e. The van der Waals surface area contributed by atoms with Crippen molar-refractivity contribution in [3.05, 3.63) is 24.1 Å². The number of amides is 1. The number of oxazole rings is 1. The molecule has 0 atom stereocenters. The van der Waals surface area contributed by atoms with Gasteiger partial charge >= 0.3 is 0 Å². The van der Waals surface area contributed by atoms with E-state index in [0.29, 0.717) is 50.3 Å². The smallest absolute Gasteiger partial charge is 0.266 e. The van der Waals surface area contributed by atoms with E-state index in [0.717, 1.165) is 12.8 Å². The van der Waals surface area contributed by atoms with Gasteiger partial charge in [0.1, 0.15) is 6.07 Å². The Morgan fingerprint density at radius 2 is 2.11 bits per heavy atom. The lowest BCUT2D eigenvalue weighted by Gasteiger charge is -2.41. The summed E-state index contributed by atoms with van der Waals surface area (Å²) in [5.74, 6) is 1.42. The number of hydrogen-bond acceptors (Lipinski definition) is 7. The Kier molecular flexibility index (Phi) is 4.85. The number of nitriles is 1. The molecule has 28 heavy (non-hydrogen) atoms. The summed E-state index contributed by atoms with van der Waals surface area (Å²) in [6.45, 7) is 7.17. The predicted molar refractivity (Wildman–Crippen MR) is 100 cm³/mol. The van der Waals surface area contributed by atoms with Gasteiger partial charge in [-0.25, -0.2) is 0 Å². The number of nitrogens with zero attached hydrogens (tertiary/aromatic N) is 4. The first-order valence-electron chi connectivity index (χ1n) is 9.59. The molecule has 0 aromatic carbocycles. The molecule has 0 aliphatic carbocycles. The van der Waals surface area contributed by atoms with Crippen LogP contribution in [0.5, 0.6) is 0 Å². The molecule has 0 saturated carbocycles. The van der Waals surface area contributed by atoms with E-state index in [1.54, 1.807) is 12.1 Å². The highest BCUT2D eigenvalue weighted by Crippen LogP contribution is 2.32. The van der Waals surface area contributed by atoms with Crippen molar-refractivity contribution in [2.24, 2.45) is 5.92 Å². The summed E-state index contributed by atoms with van der Waals surface area (Å²) in [7, 11) is 0. The van der Waals surface area contributed by atoms with Crippen LogP contribution in [-0.2, 0) is 9.53 Å². The van der Waals surface area contributed by atoms with Gasteiger partial charge in [0.2, 0.25) is 17.5 Å². The molecule has 4 rings (SSSR count). The molecule has 1 amide bonds. The Hall–Kier alpha value is -2.79. The largest absolute Gasteiger partial charge is 0.459 e. The molecule has 4 heterocycles. The van der Waals surface area contributed by atoms with E-state index in [-0.39, 0.29) is 23.1 Å². The lowest BCUT2D eigenvalue weighted by molar-refractivity contribution is -0.150. The van der Waals surface area contributed by atoms with Gasteiger partial charge in [0.15, 0.2) is 5.76 Å². The van der Waals surface area contributed by atoms with Crippen LogP contribution in [0.15, 0.2) is 27.2 Å². The van der Waals surface area contributed by atoms with Crippen LogP contribution < -0.4 is 4.90 Å². The van der Waals surface area contributed by atoms with Gasteiger partial charge in [-0.05, 0) is 38.8 Å². The molecular formula is C20H24N4O4. The van der Waals surface area contributed by atoms with Gasteiger partial charge < -0.3 is 23.4 Å². The SMILES string of the molecule is CC1(C)CN(C(=O)C2CCN(c3oc(-c4ccco4)nc3C#N)CC2)CCO1. The van der Waals surface area contributed by atoms with Gasteiger partial charge in [-0.1, -0.05) is 0 Å². The average Bonchev–Trinajstić information content (AvgIpc) is 3.36. The zero-order chi connectivity index (χ0) is 19.7.